The van der Waals surface area contributed by atoms with Crippen molar-refractivity contribution in [2.45, 2.75) is 11.4 Å². The van der Waals surface area contributed by atoms with Gasteiger partial charge in [-0.05, 0) is 48.5 Å². The van der Waals surface area contributed by atoms with E-state index in [1.165, 1.54) is 42.5 Å². The van der Waals surface area contributed by atoms with Crippen LogP contribution >= 0.6 is 0 Å². The molecule has 3 aromatic rings. The van der Waals surface area contributed by atoms with Gasteiger partial charge in [-0.15, -0.1) is 0 Å². The van der Waals surface area contributed by atoms with Crippen LogP contribution in [0.5, 0.6) is 5.75 Å². The zero-order valence-electron chi connectivity index (χ0n) is 16.3. The molecule has 160 valence electrons. The number of rotatable bonds is 8. The molecule has 0 radical (unpaired) electrons. The highest BCUT2D eigenvalue weighted by Crippen LogP contribution is 2.16. The van der Waals surface area contributed by atoms with Gasteiger partial charge in [-0.25, -0.2) is 13.1 Å². The zero-order chi connectivity index (χ0) is 22.3. The van der Waals surface area contributed by atoms with Gasteiger partial charge < -0.3 is 15.7 Å². The second-order valence-electron chi connectivity index (χ2n) is 6.42. The second-order valence-corrected chi connectivity index (χ2v) is 8.15. The van der Waals surface area contributed by atoms with Crippen LogP contribution in [-0.4, -0.2) is 36.9 Å². The first-order valence-electron chi connectivity index (χ1n) is 9.21. The predicted octanol–water partition coefficient (Wildman–Crippen LogP) is 1.63. The minimum absolute atomic E-state index is 0.0385. The van der Waals surface area contributed by atoms with E-state index in [0.29, 0.717) is 11.4 Å². The molecular formula is C21H20N4O5S. The summed E-state index contributed by atoms with van der Waals surface area (Å²) in [6.45, 7) is -0.399. The van der Waals surface area contributed by atoms with E-state index in [1.54, 1.807) is 30.5 Å². The van der Waals surface area contributed by atoms with Crippen LogP contribution in [0.25, 0.3) is 0 Å². The van der Waals surface area contributed by atoms with E-state index in [0.717, 1.165) is 0 Å². The van der Waals surface area contributed by atoms with E-state index in [1.807, 2.05) is 0 Å². The molecule has 1 aromatic heterocycles. The van der Waals surface area contributed by atoms with Gasteiger partial charge in [0.05, 0.1) is 29.2 Å². The summed E-state index contributed by atoms with van der Waals surface area (Å²) < 4.78 is 27.6. The first-order valence-corrected chi connectivity index (χ1v) is 10.7. The quantitative estimate of drug-likeness (QED) is 0.393. The fraction of sp³-hybridized carbons (Fsp3) is 0.0952. The van der Waals surface area contributed by atoms with Crippen molar-refractivity contribution in [3.05, 3.63) is 84.2 Å². The van der Waals surface area contributed by atoms with Gasteiger partial charge >= 0.3 is 0 Å². The SMILES string of the molecule is O=C(CNS(=O)(=O)c1ccccc1C(=O)NCc1ccccn1)Nc1ccc(O)cc1. The van der Waals surface area contributed by atoms with Crippen molar-refractivity contribution in [3.63, 3.8) is 0 Å². The Bertz CT molecular complexity index is 1170. The highest BCUT2D eigenvalue weighted by molar-refractivity contribution is 7.89. The topological polar surface area (TPSA) is 137 Å². The third kappa shape index (κ3) is 6.11. The summed E-state index contributed by atoms with van der Waals surface area (Å²) in [6, 6.07) is 16.7. The minimum atomic E-state index is -4.14. The molecule has 0 fully saturated rings. The van der Waals surface area contributed by atoms with Gasteiger partial charge in [0, 0.05) is 11.9 Å². The van der Waals surface area contributed by atoms with Crippen molar-refractivity contribution in [2.24, 2.45) is 0 Å². The lowest BCUT2D eigenvalue weighted by molar-refractivity contribution is -0.115. The number of pyridine rings is 1. The number of benzene rings is 2. The number of amides is 2. The lowest BCUT2D eigenvalue weighted by Gasteiger charge is -2.12. The third-order valence-electron chi connectivity index (χ3n) is 4.15. The van der Waals surface area contributed by atoms with Crippen LogP contribution in [0.2, 0.25) is 0 Å². The largest absolute Gasteiger partial charge is 0.508 e. The van der Waals surface area contributed by atoms with Crippen molar-refractivity contribution in [1.82, 2.24) is 15.0 Å². The molecule has 0 saturated heterocycles. The average molecular weight is 440 g/mol. The standard InChI is InChI=1S/C21H20N4O5S/c26-17-10-8-15(9-11-17)25-20(27)14-24-31(29,30)19-7-2-1-6-18(19)21(28)23-13-16-5-3-4-12-22-16/h1-12,24,26H,13-14H2,(H,23,28)(H,25,27). The highest BCUT2D eigenvalue weighted by atomic mass is 32.2. The van der Waals surface area contributed by atoms with E-state index in [4.69, 9.17) is 0 Å². The Balaban J connectivity index is 1.66. The van der Waals surface area contributed by atoms with Crippen molar-refractivity contribution < 1.29 is 23.1 Å². The normalized spacial score (nSPS) is 11.0. The fourth-order valence-electron chi connectivity index (χ4n) is 2.65. The van der Waals surface area contributed by atoms with Crippen molar-refractivity contribution in [3.8, 4) is 5.75 Å². The van der Waals surface area contributed by atoms with Gasteiger partial charge in [0.1, 0.15) is 5.75 Å². The van der Waals surface area contributed by atoms with Crippen molar-refractivity contribution in [1.29, 1.82) is 0 Å². The molecule has 1 heterocycles. The monoisotopic (exact) mass is 440 g/mol. The number of phenols is 1. The van der Waals surface area contributed by atoms with Gasteiger partial charge in [-0.1, -0.05) is 18.2 Å². The Morgan fingerprint density at radius 2 is 1.65 bits per heavy atom. The molecule has 31 heavy (non-hydrogen) atoms. The number of hydrogen-bond acceptors (Lipinski definition) is 6. The van der Waals surface area contributed by atoms with Gasteiger partial charge in [-0.3, -0.25) is 14.6 Å². The number of phenolic OH excluding ortho intramolecular Hbond substituents is 1. The molecule has 0 atom stereocenters. The van der Waals surface area contributed by atoms with E-state index in [9.17, 15) is 23.1 Å². The average Bonchev–Trinajstić information content (AvgIpc) is 2.78. The molecule has 9 nitrogen and oxygen atoms in total. The summed E-state index contributed by atoms with van der Waals surface area (Å²) in [4.78, 5) is 28.5. The highest BCUT2D eigenvalue weighted by Gasteiger charge is 2.22. The molecule has 2 aromatic carbocycles. The third-order valence-corrected chi connectivity index (χ3v) is 5.61. The molecule has 0 aliphatic heterocycles. The molecular weight excluding hydrogens is 420 g/mol. The van der Waals surface area contributed by atoms with E-state index >= 15 is 0 Å². The first kappa shape index (κ1) is 21.9. The molecule has 0 bridgehead atoms. The maximum Gasteiger partial charge on any atom is 0.252 e. The molecule has 2 amide bonds. The summed E-state index contributed by atoms with van der Waals surface area (Å²) >= 11 is 0. The summed E-state index contributed by atoms with van der Waals surface area (Å²) in [6.07, 6.45) is 1.59. The van der Waals surface area contributed by atoms with E-state index in [-0.39, 0.29) is 22.8 Å². The number of aromatic hydroxyl groups is 1. The number of sulfonamides is 1. The molecule has 0 spiro atoms. The van der Waals surface area contributed by atoms with Gasteiger partial charge in [-0.2, -0.15) is 0 Å². The summed E-state index contributed by atoms with van der Waals surface area (Å²) in [5.41, 5.74) is 0.974. The predicted molar refractivity (Wildman–Crippen MR) is 114 cm³/mol. The Morgan fingerprint density at radius 3 is 2.35 bits per heavy atom. The number of nitrogens with one attached hydrogen (secondary N) is 3. The molecule has 0 saturated carbocycles. The Labute approximate surface area is 179 Å². The minimum Gasteiger partial charge on any atom is -0.508 e. The molecule has 4 N–H and O–H groups in total. The van der Waals surface area contributed by atoms with Crippen molar-refractivity contribution in [2.75, 3.05) is 11.9 Å². The molecule has 10 heteroatoms. The van der Waals surface area contributed by atoms with Crippen molar-refractivity contribution >= 4 is 27.5 Å². The fourth-order valence-corrected chi connectivity index (χ4v) is 3.83. The molecule has 0 aliphatic carbocycles. The number of carbonyl (C=O) groups excluding carboxylic acids is 2. The van der Waals surface area contributed by atoms with Crippen LogP contribution in [0.1, 0.15) is 16.1 Å². The summed E-state index contributed by atoms with van der Waals surface area (Å²) in [5.74, 6) is -1.15. The number of anilines is 1. The second kappa shape index (κ2) is 9.83. The van der Waals surface area contributed by atoms with E-state index in [2.05, 4.69) is 20.3 Å². The van der Waals surface area contributed by atoms with Gasteiger partial charge in [0.25, 0.3) is 5.91 Å². The van der Waals surface area contributed by atoms with Crippen LogP contribution in [0.4, 0.5) is 5.69 Å². The number of nitrogens with zero attached hydrogens (tertiary/aromatic N) is 1. The Morgan fingerprint density at radius 1 is 0.935 bits per heavy atom. The summed E-state index contributed by atoms with van der Waals surface area (Å²) in [7, 11) is -4.14. The molecule has 3 rings (SSSR count). The first-order chi connectivity index (χ1) is 14.8. The number of aromatic nitrogens is 1. The van der Waals surface area contributed by atoms with Gasteiger partial charge in [0.15, 0.2) is 0 Å². The Hall–Kier alpha value is -3.76. The Kier molecular flexibility index (Phi) is 6.96. The lowest BCUT2D eigenvalue weighted by atomic mass is 10.2. The maximum absolute atomic E-state index is 12.7. The lowest BCUT2D eigenvalue weighted by Crippen LogP contribution is -2.34. The van der Waals surface area contributed by atoms with Crippen LogP contribution < -0.4 is 15.4 Å². The van der Waals surface area contributed by atoms with E-state index < -0.39 is 28.4 Å². The molecule has 0 unspecified atom stereocenters. The number of hydrogen-bond donors (Lipinski definition) is 4. The molecule has 0 aliphatic rings. The smallest absolute Gasteiger partial charge is 0.252 e. The van der Waals surface area contributed by atoms with Crippen LogP contribution in [-0.2, 0) is 21.4 Å². The van der Waals surface area contributed by atoms with Crippen LogP contribution in [0.3, 0.4) is 0 Å². The summed E-state index contributed by atoms with van der Waals surface area (Å²) in [5, 5.41) is 14.4. The zero-order valence-corrected chi connectivity index (χ0v) is 17.1. The number of carbonyl (C=O) groups is 2. The van der Waals surface area contributed by atoms with Gasteiger partial charge in [0.2, 0.25) is 15.9 Å². The van der Waals surface area contributed by atoms with Crippen LogP contribution in [0.15, 0.2) is 77.8 Å². The maximum atomic E-state index is 12.7. The van der Waals surface area contributed by atoms with Crippen LogP contribution in [0, 0.1) is 0 Å².